The first kappa shape index (κ1) is 55.3. The van der Waals surface area contributed by atoms with Crippen molar-refractivity contribution >= 4 is 27.9 Å². The molecule has 6 heteroatoms. The number of rotatable bonds is 27. The second kappa shape index (κ2) is 29.6. The molecule has 358 valence electrons. The van der Waals surface area contributed by atoms with Crippen molar-refractivity contribution < 1.29 is 36.2 Å². The smallest absolute Gasteiger partial charge is 0.211 e. The summed E-state index contributed by atoms with van der Waals surface area (Å²) in [7, 11) is 0. The molecule has 0 spiro atoms. The van der Waals surface area contributed by atoms with Crippen molar-refractivity contribution in [3.8, 4) is 11.5 Å². The van der Waals surface area contributed by atoms with Crippen LogP contribution in [-0.4, -0.2) is 10.5 Å². The van der Waals surface area contributed by atoms with E-state index in [2.05, 4.69) is 91.8 Å². The number of aryl methyl sites for hydroxylation is 5. The van der Waals surface area contributed by atoms with Gasteiger partial charge in [-0.2, -0.15) is 0 Å². The number of nitrogens with zero attached hydrogens (tertiary/aromatic N) is 2. The molecule has 0 fully saturated rings. The van der Waals surface area contributed by atoms with Gasteiger partial charge >= 0.3 is 0 Å². The molecule has 4 aromatic carbocycles. The zero-order valence-electron chi connectivity index (χ0n) is 41.7. The summed E-state index contributed by atoms with van der Waals surface area (Å²) in [6.45, 7) is 17.8. The van der Waals surface area contributed by atoms with E-state index in [1.54, 1.807) is 4.70 Å². The summed E-state index contributed by atoms with van der Waals surface area (Å²) < 4.78 is 1.56. The summed E-state index contributed by atoms with van der Waals surface area (Å²) in [5.41, 5.74) is 26.2. The van der Waals surface area contributed by atoms with Crippen LogP contribution in [0, 0.1) is 0 Å². The van der Waals surface area contributed by atoms with Crippen molar-refractivity contribution in [3.05, 3.63) is 122 Å². The zero-order valence-corrected chi connectivity index (χ0v) is 42.7. The Morgan fingerprint density at radius 3 is 1.45 bits per heavy atom. The Hall–Kier alpha value is -4.02. The first-order valence-electron chi connectivity index (χ1n) is 25.8. The number of benzene rings is 4. The van der Waals surface area contributed by atoms with Crippen molar-refractivity contribution in [1.82, 2.24) is 0 Å². The number of hydrogen-bond acceptors (Lipinski definition) is 3. The molecule has 0 unspecified atom stereocenters. The van der Waals surface area contributed by atoms with Crippen molar-refractivity contribution in [3.63, 3.8) is 0 Å². The van der Waals surface area contributed by atoms with Crippen LogP contribution in [0.25, 0.3) is 27.7 Å². The first-order valence-corrected chi connectivity index (χ1v) is 25.8. The van der Waals surface area contributed by atoms with Crippen molar-refractivity contribution in [2.75, 3.05) is 0 Å². The van der Waals surface area contributed by atoms with E-state index >= 15 is 0 Å². The monoisotopic (exact) mass is 925 g/mol. The van der Waals surface area contributed by atoms with Gasteiger partial charge in [-0.3, -0.25) is 4.79 Å². The van der Waals surface area contributed by atoms with Crippen LogP contribution in [-0.2, 0) is 48.6 Å². The van der Waals surface area contributed by atoms with Gasteiger partial charge in [-0.25, -0.2) is 4.70 Å². The van der Waals surface area contributed by atoms with Gasteiger partial charge in [-0.15, -0.1) is 11.5 Å². The molecular formula is C59H82N2NiO3-2. The van der Waals surface area contributed by atoms with E-state index in [9.17, 15) is 20.5 Å². The molecule has 0 atom stereocenters. The normalized spacial score (nSPS) is 12.5. The third kappa shape index (κ3) is 15.5. The maximum absolute atomic E-state index is 12.8. The molecule has 5 nitrogen and oxygen atoms in total. The first-order chi connectivity index (χ1) is 31.1. The Balaban J connectivity index is 0.000000351. The second-order valence-corrected chi connectivity index (χ2v) is 18.2. The summed E-state index contributed by atoms with van der Waals surface area (Å²) >= 11 is 0. The fourth-order valence-corrected chi connectivity index (χ4v) is 9.59. The van der Waals surface area contributed by atoms with Gasteiger partial charge in [0.15, 0.2) is 5.78 Å². The maximum atomic E-state index is 12.8. The van der Waals surface area contributed by atoms with Crippen molar-refractivity contribution in [2.24, 2.45) is 0 Å². The van der Waals surface area contributed by atoms with E-state index in [0.29, 0.717) is 22.8 Å². The summed E-state index contributed by atoms with van der Waals surface area (Å²) in [5, 5.41) is 24.9. The number of carbonyl (C=O) groups is 1. The third-order valence-corrected chi connectivity index (χ3v) is 13.3. The number of hydrogen-bond donors (Lipinski definition) is 0. The van der Waals surface area contributed by atoms with E-state index < -0.39 is 11.5 Å². The number of ketones is 1. The maximum Gasteiger partial charge on any atom is 0.211 e. The van der Waals surface area contributed by atoms with E-state index in [1.807, 2.05) is 12.1 Å². The predicted octanol–water partition coefficient (Wildman–Crippen LogP) is 16.3. The molecule has 4 aromatic rings. The van der Waals surface area contributed by atoms with Gasteiger partial charge in [0.05, 0.1) is 0 Å². The van der Waals surface area contributed by atoms with Crippen LogP contribution in [0.5, 0.6) is 11.5 Å². The van der Waals surface area contributed by atoms with Gasteiger partial charge in [-0.1, -0.05) is 169 Å². The number of allylic oxidation sites excluding steroid dienone is 2. The summed E-state index contributed by atoms with van der Waals surface area (Å²) in [5.74, 6) is -0.949. The standard InChI is InChI=1S/C34H48N2.C25H36O3.Ni/c1-7-13-15-16-18-32-31(17-14-8-2)33(29-21-19-25(9-3)27(11-5)23-29)36(35)34(32)30-22-20-26(10-4)28(12-6)24-30;1-3-5-6-7-8-9-10-11-12-14-23(26)22-16-19(13-4-2)15-20-17-24(27)25(28)18-21(20)22;/h19-24H,7-18H2,1-6H3;15-18,27-28H,3-14H2,1-2H3;/p-2. The quantitative estimate of drug-likeness (QED) is 0.0258. The molecule has 0 saturated heterocycles. The van der Waals surface area contributed by atoms with Crippen molar-refractivity contribution in [1.29, 1.82) is 0 Å². The van der Waals surface area contributed by atoms with Gasteiger partial charge in [0, 0.05) is 50.7 Å². The molecule has 1 heterocycles. The SMILES string of the molecule is CCCCCCC1=C(c2ccc(CC)c(CC)c2)[N+](=[N-])C(c2ccc(CC)c(CC)c2)=C1CCCC.CCCCCCCCCCCC(=O)c1cc(CCC)cc2cc([O-])c([O-])cc12.[Ni]. The molecule has 5 rings (SSSR count). The van der Waals surface area contributed by atoms with Gasteiger partial charge in [0.25, 0.3) is 0 Å². The third-order valence-electron chi connectivity index (χ3n) is 13.3. The average molecular weight is 926 g/mol. The molecule has 0 aliphatic carbocycles. The summed E-state index contributed by atoms with van der Waals surface area (Å²) in [6.07, 6.45) is 26.7. The Morgan fingerprint density at radius 2 is 0.954 bits per heavy atom. The van der Waals surface area contributed by atoms with E-state index in [4.69, 9.17) is 0 Å². The van der Waals surface area contributed by atoms with Crippen LogP contribution >= 0.6 is 0 Å². The zero-order chi connectivity index (χ0) is 46.4. The topological polar surface area (TPSA) is 88.5 Å². The fourth-order valence-electron chi connectivity index (χ4n) is 9.59. The molecule has 0 saturated carbocycles. The van der Waals surface area contributed by atoms with E-state index in [1.165, 1.54) is 116 Å². The minimum atomic E-state index is -0.534. The minimum Gasteiger partial charge on any atom is -0.873 e. The molecule has 0 aromatic heterocycles. The van der Waals surface area contributed by atoms with Gasteiger partial charge < -0.3 is 15.7 Å². The number of fused-ring (bicyclic) bond motifs is 1. The summed E-state index contributed by atoms with van der Waals surface area (Å²) in [4.78, 5) is 12.8. The van der Waals surface area contributed by atoms with Gasteiger partial charge in [0.2, 0.25) is 11.4 Å². The molecule has 1 aliphatic rings. The molecule has 1 aliphatic heterocycles. The molecular weight excluding hydrogens is 843 g/mol. The molecule has 65 heavy (non-hydrogen) atoms. The van der Waals surface area contributed by atoms with Crippen LogP contribution in [0.2, 0.25) is 0 Å². The fraction of sp³-hybridized carbons (Fsp3) is 0.542. The Morgan fingerprint density at radius 1 is 0.492 bits per heavy atom. The van der Waals surface area contributed by atoms with E-state index in [-0.39, 0.29) is 22.3 Å². The predicted molar refractivity (Wildman–Crippen MR) is 269 cm³/mol. The summed E-state index contributed by atoms with van der Waals surface area (Å²) in [6, 6.07) is 20.3. The molecule has 0 N–H and O–H groups in total. The second-order valence-electron chi connectivity index (χ2n) is 18.2. The number of unbranched alkanes of at least 4 members (excludes halogenated alkanes) is 12. The van der Waals surface area contributed by atoms with Crippen LogP contribution in [0.3, 0.4) is 0 Å². The Labute approximate surface area is 405 Å². The molecule has 0 amide bonds. The van der Waals surface area contributed by atoms with Crippen LogP contribution in [0.1, 0.15) is 227 Å². The van der Waals surface area contributed by atoms with Crippen LogP contribution in [0.15, 0.2) is 71.8 Å². The average Bonchev–Trinajstić information content (AvgIpc) is 3.58. The Bertz CT molecular complexity index is 2200. The minimum absolute atomic E-state index is 0. The van der Waals surface area contributed by atoms with Gasteiger partial charge in [-0.05, 0) is 133 Å². The Kier molecular flexibility index (Phi) is 25.2. The van der Waals surface area contributed by atoms with Crippen molar-refractivity contribution in [2.45, 2.75) is 209 Å². The van der Waals surface area contributed by atoms with Crippen LogP contribution in [0.4, 0.5) is 0 Å². The largest absolute Gasteiger partial charge is 0.873 e. The van der Waals surface area contributed by atoms with E-state index in [0.717, 1.165) is 105 Å². The molecule has 0 bridgehead atoms. The van der Waals surface area contributed by atoms with Gasteiger partial charge in [0.1, 0.15) is 0 Å². The van der Waals surface area contributed by atoms with Crippen LogP contribution < -0.4 is 10.2 Å². The molecule has 0 radical (unpaired) electrons. The number of Topliss-reactive ketones (excluding diaryl/α,β-unsaturated/α-hetero) is 1. The number of carbonyl (C=O) groups excluding carboxylic acids is 1.